The van der Waals surface area contributed by atoms with Crippen molar-refractivity contribution in [3.63, 3.8) is 0 Å². The first-order valence-corrected chi connectivity index (χ1v) is 8.70. The molecule has 0 saturated carbocycles. The number of carbonyl (C=O) groups is 1. The fourth-order valence-electron chi connectivity index (χ4n) is 3.79. The minimum atomic E-state index is -0.260. The van der Waals surface area contributed by atoms with Gasteiger partial charge in [0.05, 0.1) is 11.6 Å². The van der Waals surface area contributed by atoms with Crippen LogP contribution in [0.15, 0.2) is 61.2 Å². The summed E-state index contributed by atoms with van der Waals surface area (Å²) >= 11 is 0. The summed E-state index contributed by atoms with van der Waals surface area (Å²) < 4.78 is 13.3. The molecule has 3 unspecified atom stereocenters. The third-order valence-electron chi connectivity index (χ3n) is 5.04. The van der Waals surface area contributed by atoms with E-state index >= 15 is 0 Å². The Bertz CT molecular complexity index is 823. The molecule has 1 amide bonds. The van der Waals surface area contributed by atoms with Crippen LogP contribution >= 0.6 is 0 Å². The number of rotatable bonds is 4. The lowest BCUT2D eigenvalue weighted by Crippen LogP contribution is -2.54. The number of nitrogens with zero attached hydrogens (tertiary/aromatic N) is 1. The highest BCUT2D eigenvalue weighted by Crippen LogP contribution is 2.35. The molecule has 1 fully saturated rings. The van der Waals surface area contributed by atoms with Crippen molar-refractivity contribution in [2.45, 2.75) is 12.2 Å². The summed E-state index contributed by atoms with van der Waals surface area (Å²) in [5.41, 5.74) is 8.94. The van der Waals surface area contributed by atoms with Crippen LogP contribution < -0.4 is 16.2 Å². The highest BCUT2D eigenvalue weighted by molar-refractivity contribution is 6.01. The summed E-state index contributed by atoms with van der Waals surface area (Å²) in [6.45, 7) is 4.94. The SMILES string of the molecule is C=CCN1C(=O)c2ccccc2NC1C1CNNC1c1ccc(F)cc1. The first-order valence-electron chi connectivity index (χ1n) is 8.70. The second-order valence-corrected chi connectivity index (χ2v) is 6.60. The van der Waals surface area contributed by atoms with Crippen molar-refractivity contribution >= 4 is 11.6 Å². The molecule has 0 spiro atoms. The van der Waals surface area contributed by atoms with Crippen LogP contribution in [0.4, 0.5) is 10.1 Å². The largest absolute Gasteiger partial charge is 0.364 e. The number of fused-ring (bicyclic) bond motifs is 1. The number of benzene rings is 2. The van der Waals surface area contributed by atoms with Gasteiger partial charge in [-0.05, 0) is 29.8 Å². The number of halogens is 1. The monoisotopic (exact) mass is 352 g/mol. The molecule has 3 atom stereocenters. The molecule has 2 heterocycles. The molecule has 1 saturated heterocycles. The number of hydrogen-bond donors (Lipinski definition) is 3. The maximum Gasteiger partial charge on any atom is 0.257 e. The first-order chi connectivity index (χ1) is 12.7. The van der Waals surface area contributed by atoms with Crippen molar-refractivity contribution in [3.8, 4) is 0 Å². The summed E-state index contributed by atoms with van der Waals surface area (Å²) in [5, 5.41) is 3.52. The first kappa shape index (κ1) is 16.8. The van der Waals surface area contributed by atoms with E-state index in [-0.39, 0.29) is 29.8 Å². The van der Waals surface area contributed by atoms with Gasteiger partial charge in [0.2, 0.25) is 0 Å². The quantitative estimate of drug-likeness (QED) is 0.741. The van der Waals surface area contributed by atoms with E-state index < -0.39 is 0 Å². The molecule has 0 aliphatic carbocycles. The molecule has 3 N–H and O–H groups in total. The minimum Gasteiger partial charge on any atom is -0.364 e. The van der Waals surface area contributed by atoms with E-state index in [1.54, 1.807) is 18.2 Å². The van der Waals surface area contributed by atoms with Crippen LogP contribution in [0.25, 0.3) is 0 Å². The van der Waals surface area contributed by atoms with Gasteiger partial charge in [0.25, 0.3) is 5.91 Å². The molecule has 26 heavy (non-hydrogen) atoms. The lowest BCUT2D eigenvalue weighted by Gasteiger charge is -2.41. The molecular formula is C20H21FN4O. The molecule has 2 aromatic rings. The second kappa shape index (κ2) is 6.90. The van der Waals surface area contributed by atoms with Gasteiger partial charge in [0.15, 0.2) is 0 Å². The molecule has 2 aliphatic rings. The Labute approximate surface area is 151 Å². The fraction of sp³-hybridized carbons (Fsp3) is 0.250. The number of amides is 1. The lowest BCUT2D eigenvalue weighted by molar-refractivity contribution is 0.0648. The smallest absolute Gasteiger partial charge is 0.257 e. The summed E-state index contributed by atoms with van der Waals surface area (Å²) in [6.07, 6.45) is 1.54. The van der Waals surface area contributed by atoms with Crippen molar-refractivity contribution < 1.29 is 9.18 Å². The number of anilines is 1. The Morgan fingerprint density at radius 3 is 2.73 bits per heavy atom. The number of hydrogen-bond acceptors (Lipinski definition) is 4. The van der Waals surface area contributed by atoms with E-state index in [0.29, 0.717) is 18.7 Å². The van der Waals surface area contributed by atoms with Crippen LogP contribution in [0, 0.1) is 11.7 Å². The maximum absolute atomic E-state index is 13.3. The van der Waals surface area contributed by atoms with Crippen molar-refractivity contribution in [2.24, 2.45) is 5.92 Å². The maximum atomic E-state index is 13.3. The van der Waals surface area contributed by atoms with E-state index in [9.17, 15) is 9.18 Å². The van der Waals surface area contributed by atoms with Gasteiger partial charge in [-0.1, -0.05) is 30.3 Å². The zero-order valence-electron chi connectivity index (χ0n) is 14.3. The number of carbonyl (C=O) groups excluding carboxylic acids is 1. The fourth-order valence-corrected chi connectivity index (χ4v) is 3.79. The molecule has 0 radical (unpaired) electrons. The number of para-hydroxylation sites is 1. The summed E-state index contributed by atoms with van der Waals surface area (Å²) in [4.78, 5) is 14.8. The Morgan fingerprint density at radius 2 is 1.96 bits per heavy atom. The predicted octanol–water partition coefficient (Wildman–Crippen LogP) is 2.67. The van der Waals surface area contributed by atoms with Gasteiger partial charge in [0, 0.05) is 24.7 Å². The highest BCUT2D eigenvalue weighted by atomic mass is 19.1. The van der Waals surface area contributed by atoms with E-state index in [4.69, 9.17) is 0 Å². The standard InChI is InChI=1S/C20H21FN4O/c1-2-11-25-19(23-17-6-4-3-5-15(17)20(25)26)16-12-22-24-18(16)13-7-9-14(21)10-8-13/h2-10,16,18-19,22-24H,1,11-12H2. The third-order valence-corrected chi connectivity index (χ3v) is 5.04. The third kappa shape index (κ3) is 2.87. The van der Waals surface area contributed by atoms with Gasteiger partial charge in [-0.15, -0.1) is 6.58 Å². The van der Waals surface area contributed by atoms with Crippen molar-refractivity contribution in [1.29, 1.82) is 0 Å². The average Bonchev–Trinajstić information content (AvgIpc) is 3.14. The normalized spacial score (nSPS) is 24.9. The van der Waals surface area contributed by atoms with E-state index in [0.717, 1.165) is 11.3 Å². The van der Waals surface area contributed by atoms with E-state index in [1.165, 1.54) is 12.1 Å². The molecule has 2 aromatic carbocycles. The van der Waals surface area contributed by atoms with Crippen molar-refractivity contribution in [2.75, 3.05) is 18.4 Å². The highest BCUT2D eigenvalue weighted by Gasteiger charge is 2.42. The van der Waals surface area contributed by atoms with Crippen molar-refractivity contribution in [1.82, 2.24) is 15.8 Å². The van der Waals surface area contributed by atoms with Gasteiger partial charge in [-0.2, -0.15) is 0 Å². The van der Waals surface area contributed by atoms with Gasteiger partial charge in [-0.3, -0.25) is 10.2 Å². The van der Waals surface area contributed by atoms with Crippen LogP contribution in [0.5, 0.6) is 0 Å². The van der Waals surface area contributed by atoms with Crippen molar-refractivity contribution in [3.05, 3.63) is 78.1 Å². The van der Waals surface area contributed by atoms with Gasteiger partial charge in [-0.25, -0.2) is 9.82 Å². The molecular weight excluding hydrogens is 331 g/mol. The van der Waals surface area contributed by atoms with Crippen LogP contribution in [0.2, 0.25) is 0 Å². The predicted molar refractivity (Wildman–Crippen MR) is 98.9 cm³/mol. The summed E-state index contributed by atoms with van der Waals surface area (Å²) in [7, 11) is 0. The zero-order chi connectivity index (χ0) is 18.1. The van der Waals surface area contributed by atoms with Crippen LogP contribution in [0.3, 0.4) is 0 Å². The molecule has 0 aromatic heterocycles. The summed E-state index contributed by atoms with van der Waals surface area (Å²) in [5.74, 6) is -0.198. The topological polar surface area (TPSA) is 56.4 Å². The molecule has 134 valence electrons. The van der Waals surface area contributed by atoms with E-state index in [2.05, 4.69) is 22.7 Å². The summed E-state index contributed by atoms with van der Waals surface area (Å²) in [6, 6.07) is 14.0. The Balaban J connectivity index is 1.69. The molecule has 5 nitrogen and oxygen atoms in total. The minimum absolute atomic E-state index is 0.00555. The van der Waals surface area contributed by atoms with Gasteiger partial charge >= 0.3 is 0 Å². The Kier molecular flexibility index (Phi) is 4.44. The van der Waals surface area contributed by atoms with E-state index in [1.807, 2.05) is 29.2 Å². The van der Waals surface area contributed by atoms with Crippen LogP contribution in [-0.2, 0) is 0 Å². The number of hydrazine groups is 1. The zero-order valence-corrected chi connectivity index (χ0v) is 14.3. The molecule has 0 bridgehead atoms. The average molecular weight is 352 g/mol. The van der Waals surface area contributed by atoms with Crippen LogP contribution in [0.1, 0.15) is 22.0 Å². The molecule has 4 rings (SSSR count). The Hall–Kier alpha value is -2.70. The lowest BCUT2D eigenvalue weighted by atomic mass is 9.89. The second-order valence-electron chi connectivity index (χ2n) is 6.60. The Morgan fingerprint density at radius 1 is 1.19 bits per heavy atom. The molecule has 6 heteroatoms. The van der Waals surface area contributed by atoms with Gasteiger partial charge < -0.3 is 10.2 Å². The molecule has 2 aliphatic heterocycles. The van der Waals surface area contributed by atoms with Crippen LogP contribution in [-0.4, -0.2) is 30.1 Å². The van der Waals surface area contributed by atoms with Gasteiger partial charge in [0.1, 0.15) is 12.0 Å². The number of nitrogens with one attached hydrogen (secondary N) is 3.